The van der Waals surface area contributed by atoms with Gasteiger partial charge in [0.1, 0.15) is 5.82 Å². The first-order valence-electron chi connectivity index (χ1n) is 11.0. The van der Waals surface area contributed by atoms with E-state index in [1.54, 1.807) is 0 Å². The van der Waals surface area contributed by atoms with Gasteiger partial charge >= 0.3 is 24.6 Å². The van der Waals surface area contributed by atoms with Gasteiger partial charge in [-0.1, -0.05) is 6.07 Å². The molecule has 3 aromatic rings. The molecule has 0 saturated heterocycles. The Labute approximate surface area is 237 Å². The van der Waals surface area contributed by atoms with Crippen LogP contribution in [0.2, 0.25) is 0 Å². The van der Waals surface area contributed by atoms with Crippen molar-refractivity contribution in [2.75, 3.05) is 17.3 Å². The Hall–Kier alpha value is -3.89. The van der Waals surface area contributed by atoms with E-state index in [0.717, 1.165) is 54.4 Å². The second-order valence-electron chi connectivity index (χ2n) is 8.33. The van der Waals surface area contributed by atoms with Crippen molar-refractivity contribution in [2.45, 2.75) is 24.6 Å². The molecule has 0 unspecified atom stereocenters. The van der Waals surface area contributed by atoms with Crippen molar-refractivity contribution in [1.29, 1.82) is 0 Å². The standard InChI is InChI=1S/C25H14BrF11N2O3/c1-39(21(41)11-5-7-13(27)8-6-11)16-4-2-3-14(18(16)28)20(40)38-19-15(26)9-12(10-17(19)42-22(29)30)23(31,24(32,33)34)25(35,36)37/h2-10,22H,1H3,(H,38,40). The van der Waals surface area contributed by atoms with E-state index in [1.165, 1.54) is 0 Å². The van der Waals surface area contributed by atoms with Crippen LogP contribution in [0.15, 0.2) is 59.1 Å². The summed E-state index contributed by atoms with van der Waals surface area (Å²) >= 11 is 2.51. The monoisotopic (exact) mass is 678 g/mol. The molecule has 0 aromatic heterocycles. The third-order valence-corrected chi connectivity index (χ3v) is 6.29. The van der Waals surface area contributed by atoms with E-state index < -0.39 is 80.8 Å². The molecule has 0 bridgehead atoms. The number of hydrogen-bond acceptors (Lipinski definition) is 3. The van der Waals surface area contributed by atoms with Crippen LogP contribution in [-0.2, 0) is 5.67 Å². The minimum Gasteiger partial charge on any atom is -0.433 e. The number of hydrogen-bond donors (Lipinski definition) is 1. The SMILES string of the molecule is CN(C(=O)c1ccc(F)cc1)c1cccc(C(=O)Nc2c(Br)cc(C(F)(C(F)(F)F)C(F)(F)F)cc2OC(F)F)c1F. The second kappa shape index (κ2) is 11.8. The van der Waals surface area contributed by atoms with Gasteiger partial charge in [0.2, 0.25) is 0 Å². The number of alkyl halides is 9. The third kappa shape index (κ3) is 6.29. The third-order valence-electron chi connectivity index (χ3n) is 5.67. The molecule has 3 aromatic carbocycles. The summed E-state index contributed by atoms with van der Waals surface area (Å²) in [6, 6.07) is 6.68. The molecule has 0 aliphatic carbocycles. The van der Waals surface area contributed by atoms with Crippen LogP contribution in [0.1, 0.15) is 26.3 Å². The molecule has 0 spiro atoms. The average molecular weight is 679 g/mol. The molecule has 5 nitrogen and oxygen atoms in total. The van der Waals surface area contributed by atoms with Crippen LogP contribution < -0.4 is 15.0 Å². The molecule has 42 heavy (non-hydrogen) atoms. The number of anilines is 2. The molecule has 0 aliphatic rings. The highest BCUT2D eigenvalue weighted by atomic mass is 79.9. The maximum Gasteiger partial charge on any atom is 0.435 e. The molecular formula is C25H14BrF11N2O3. The first-order valence-corrected chi connectivity index (χ1v) is 11.8. The number of ether oxygens (including phenoxy) is 1. The molecule has 0 atom stereocenters. The summed E-state index contributed by atoms with van der Waals surface area (Å²) in [5, 5.41) is 1.82. The molecule has 0 radical (unpaired) electrons. The maximum atomic E-state index is 15.3. The van der Waals surface area contributed by atoms with E-state index >= 15 is 4.39 Å². The highest BCUT2D eigenvalue weighted by molar-refractivity contribution is 9.10. The lowest BCUT2D eigenvalue weighted by Crippen LogP contribution is -2.50. The van der Waals surface area contributed by atoms with Crippen molar-refractivity contribution in [2.24, 2.45) is 0 Å². The Morgan fingerprint density at radius 2 is 1.48 bits per heavy atom. The van der Waals surface area contributed by atoms with Crippen LogP contribution in [0, 0.1) is 11.6 Å². The Bertz CT molecular complexity index is 1480. The number of nitrogens with zero attached hydrogens (tertiary/aromatic N) is 1. The van der Waals surface area contributed by atoms with Gasteiger partial charge in [-0.25, -0.2) is 13.2 Å². The van der Waals surface area contributed by atoms with Gasteiger partial charge in [-0.15, -0.1) is 0 Å². The molecule has 0 saturated carbocycles. The summed E-state index contributed by atoms with van der Waals surface area (Å²) in [5.74, 6) is -5.89. The molecule has 226 valence electrons. The number of halogens is 12. The zero-order valence-electron chi connectivity index (χ0n) is 20.5. The smallest absolute Gasteiger partial charge is 0.433 e. The molecule has 17 heteroatoms. The fourth-order valence-corrected chi connectivity index (χ4v) is 4.15. The van der Waals surface area contributed by atoms with Gasteiger partial charge in [0.15, 0.2) is 11.6 Å². The molecule has 0 aliphatic heterocycles. The van der Waals surface area contributed by atoms with E-state index in [0.29, 0.717) is 0 Å². The van der Waals surface area contributed by atoms with E-state index in [4.69, 9.17) is 0 Å². The summed E-state index contributed by atoms with van der Waals surface area (Å²) in [4.78, 5) is 26.3. The minimum atomic E-state index is -6.60. The fraction of sp³-hybridized carbons (Fsp3) is 0.200. The number of rotatable bonds is 7. The van der Waals surface area contributed by atoms with Crippen LogP contribution in [0.3, 0.4) is 0 Å². The number of nitrogens with one attached hydrogen (secondary N) is 1. The van der Waals surface area contributed by atoms with E-state index in [9.17, 15) is 53.5 Å². The van der Waals surface area contributed by atoms with Crippen LogP contribution >= 0.6 is 15.9 Å². The summed E-state index contributed by atoms with van der Waals surface area (Å²) in [6.45, 7) is -3.88. The van der Waals surface area contributed by atoms with E-state index in [2.05, 4.69) is 20.7 Å². The molecule has 3 rings (SSSR count). The van der Waals surface area contributed by atoms with E-state index in [-0.39, 0.29) is 17.7 Å². The molecule has 0 heterocycles. The van der Waals surface area contributed by atoms with Gasteiger partial charge in [-0.3, -0.25) is 9.59 Å². The first-order chi connectivity index (χ1) is 19.3. The van der Waals surface area contributed by atoms with Gasteiger partial charge in [0, 0.05) is 22.6 Å². The van der Waals surface area contributed by atoms with E-state index in [1.807, 2.05) is 5.32 Å². The maximum absolute atomic E-state index is 15.3. The number of amides is 2. The highest BCUT2D eigenvalue weighted by Crippen LogP contribution is 2.55. The topological polar surface area (TPSA) is 58.6 Å². The lowest BCUT2D eigenvalue weighted by molar-refractivity contribution is -0.348. The van der Waals surface area contributed by atoms with Crippen molar-refractivity contribution in [3.05, 3.63) is 87.4 Å². The van der Waals surface area contributed by atoms with Crippen molar-refractivity contribution in [1.82, 2.24) is 0 Å². The van der Waals surface area contributed by atoms with Crippen molar-refractivity contribution < 1.29 is 62.6 Å². The average Bonchev–Trinajstić information content (AvgIpc) is 2.88. The molecular weight excluding hydrogens is 665 g/mol. The molecule has 2 amide bonds. The van der Waals surface area contributed by atoms with Crippen LogP contribution in [0.25, 0.3) is 0 Å². The van der Waals surface area contributed by atoms with Gasteiger partial charge < -0.3 is 15.0 Å². The zero-order chi connectivity index (χ0) is 31.8. The summed E-state index contributed by atoms with van der Waals surface area (Å²) in [6.07, 6.45) is -13.2. The minimum absolute atomic E-state index is 0.0726. The Balaban J connectivity index is 2.04. The van der Waals surface area contributed by atoms with Gasteiger partial charge in [-0.05, 0) is 64.5 Å². The van der Waals surface area contributed by atoms with Gasteiger partial charge in [-0.2, -0.15) is 35.1 Å². The van der Waals surface area contributed by atoms with Crippen LogP contribution in [0.5, 0.6) is 5.75 Å². The van der Waals surface area contributed by atoms with Gasteiger partial charge in [0.05, 0.1) is 16.9 Å². The quantitative estimate of drug-likeness (QED) is 0.257. The Morgan fingerprint density at radius 3 is 2.00 bits per heavy atom. The van der Waals surface area contributed by atoms with Crippen molar-refractivity contribution >= 4 is 39.1 Å². The predicted molar refractivity (Wildman–Crippen MR) is 129 cm³/mol. The second-order valence-corrected chi connectivity index (χ2v) is 9.18. The van der Waals surface area contributed by atoms with Crippen LogP contribution in [-0.4, -0.2) is 37.8 Å². The summed E-state index contributed by atoms with van der Waals surface area (Å²) < 4.78 is 151. The van der Waals surface area contributed by atoms with Crippen LogP contribution in [0.4, 0.5) is 59.7 Å². The molecule has 1 N–H and O–H groups in total. The Kier molecular flexibility index (Phi) is 9.14. The van der Waals surface area contributed by atoms with Gasteiger partial charge in [0.25, 0.3) is 11.8 Å². The lowest BCUT2D eigenvalue weighted by atomic mass is 9.93. The van der Waals surface area contributed by atoms with Crippen molar-refractivity contribution in [3.8, 4) is 5.75 Å². The zero-order valence-corrected chi connectivity index (χ0v) is 22.1. The fourth-order valence-electron chi connectivity index (χ4n) is 3.61. The normalized spacial score (nSPS) is 12.3. The number of carbonyl (C=O) groups is 2. The lowest BCUT2D eigenvalue weighted by Gasteiger charge is -2.31. The summed E-state index contributed by atoms with van der Waals surface area (Å²) in [7, 11) is 1.10. The predicted octanol–water partition coefficient (Wildman–Crippen LogP) is 8.15. The largest absolute Gasteiger partial charge is 0.435 e. The number of carbonyl (C=O) groups excluding carboxylic acids is 2. The molecule has 0 fully saturated rings. The highest BCUT2D eigenvalue weighted by Gasteiger charge is 2.73. The van der Waals surface area contributed by atoms with Crippen molar-refractivity contribution in [3.63, 3.8) is 0 Å². The number of benzene rings is 3. The first kappa shape index (κ1) is 32.6. The summed E-state index contributed by atoms with van der Waals surface area (Å²) in [5.41, 5.74) is -10.7. The Morgan fingerprint density at radius 1 is 0.905 bits per heavy atom.